The van der Waals surface area contributed by atoms with Gasteiger partial charge in [0, 0.05) is 44.2 Å². The molecule has 1 atom stereocenters. The van der Waals surface area contributed by atoms with Gasteiger partial charge in [-0.25, -0.2) is 29.0 Å². The number of fused-ring (bicyclic) bond motifs is 2. The van der Waals surface area contributed by atoms with E-state index >= 15 is 0 Å². The first kappa shape index (κ1) is 21.8. The van der Waals surface area contributed by atoms with Crippen molar-refractivity contribution in [1.29, 1.82) is 0 Å². The molecule has 2 fully saturated rings. The normalized spacial score (nSPS) is 23.7. The standard InChI is InChI=1S/C22H26F2N6O3/c1-2-33-14-30-21(32)29-8-5-17(11-18(29)26-30)28-7-3-4-15-10-16(12-25-19(15)28)20(31)27-9-6-22(23,24)13-27/h5,8,10-12,18,26H,2-4,6-7,9,13-14H2,1H3. The summed E-state index contributed by atoms with van der Waals surface area (Å²) in [5, 5.41) is 1.43. The van der Waals surface area contributed by atoms with Crippen LogP contribution in [0.3, 0.4) is 0 Å². The van der Waals surface area contributed by atoms with E-state index < -0.39 is 18.4 Å². The number of urea groups is 1. The molecule has 0 aliphatic carbocycles. The van der Waals surface area contributed by atoms with Crippen LogP contribution in [0.5, 0.6) is 0 Å². The van der Waals surface area contributed by atoms with Crippen molar-refractivity contribution in [3.63, 3.8) is 0 Å². The number of alkyl halides is 2. The number of likely N-dealkylation sites (tertiary alicyclic amines) is 1. The number of nitrogens with zero attached hydrogens (tertiary/aromatic N) is 5. The first-order valence-electron chi connectivity index (χ1n) is 11.1. The Morgan fingerprint density at radius 2 is 2.21 bits per heavy atom. The van der Waals surface area contributed by atoms with E-state index in [1.54, 1.807) is 17.2 Å². The molecule has 4 aliphatic rings. The van der Waals surface area contributed by atoms with Gasteiger partial charge in [0.05, 0.1) is 12.1 Å². The summed E-state index contributed by atoms with van der Waals surface area (Å²) in [5.41, 5.74) is 5.26. The van der Waals surface area contributed by atoms with E-state index in [0.717, 1.165) is 36.5 Å². The van der Waals surface area contributed by atoms with Crippen molar-refractivity contribution < 1.29 is 23.1 Å². The summed E-state index contributed by atoms with van der Waals surface area (Å²) >= 11 is 0. The summed E-state index contributed by atoms with van der Waals surface area (Å²) in [6.45, 7) is 2.78. The Morgan fingerprint density at radius 3 is 2.97 bits per heavy atom. The highest BCUT2D eigenvalue weighted by Gasteiger charge is 2.41. The van der Waals surface area contributed by atoms with Gasteiger partial charge < -0.3 is 14.5 Å². The van der Waals surface area contributed by atoms with Gasteiger partial charge in [0.15, 0.2) is 0 Å². The van der Waals surface area contributed by atoms with Crippen molar-refractivity contribution in [2.75, 3.05) is 37.9 Å². The van der Waals surface area contributed by atoms with Gasteiger partial charge >= 0.3 is 6.03 Å². The van der Waals surface area contributed by atoms with Crippen molar-refractivity contribution in [3.8, 4) is 0 Å². The highest BCUT2D eigenvalue weighted by Crippen LogP contribution is 2.33. The first-order valence-corrected chi connectivity index (χ1v) is 11.1. The van der Waals surface area contributed by atoms with Gasteiger partial charge in [-0.1, -0.05) is 0 Å². The predicted octanol–water partition coefficient (Wildman–Crippen LogP) is 2.29. The van der Waals surface area contributed by atoms with E-state index in [2.05, 4.69) is 15.3 Å². The van der Waals surface area contributed by atoms with E-state index in [1.807, 2.05) is 19.1 Å². The number of pyridine rings is 1. The van der Waals surface area contributed by atoms with Crippen LogP contribution < -0.4 is 10.3 Å². The Hall–Kier alpha value is -3.05. The summed E-state index contributed by atoms with van der Waals surface area (Å²) in [4.78, 5) is 34.6. The lowest BCUT2D eigenvalue weighted by Gasteiger charge is -2.33. The van der Waals surface area contributed by atoms with Crippen LogP contribution in [0, 0.1) is 0 Å². The van der Waals surface area contributed by atoms with E-state index in [0.29, 0.717) is 12.2 Å². The largest absolute Gasteiger partial charge is 0.360 e. The third-order valence-electron chi connectivity index (χ3n) is 6.24. The molecule has 176 valence electrons. The number of aromatic nitrogens is 1. The molecule has 1 aromatic heterocycles. The molecule has 0 saturated carbocycles. The predicted molar refractivity (Wildman–Crippen MR) is 115 cm³/mol. The second kappa shape index (κ2) is 8.38. The summed E-state index contributed by atoms with van der Waals surface area (Å²) in [6, 6.07) is 1.58. The zero-order valence-electron chi connectivity index (χ0n) is 18.3. The highest BCUT2D eigenvalue weighted by molar-refractivity contribution is 5.94. The third kappa shape index (κ3) is 4.06. The molecule has 5 heterocycles. The molecule has 0 bridgehead atoms. The fourth-order valence-corrected chi connectivity index (χ4v) is 4.56. The maximum Gasteiger partial charge on any atom is 0.342 e. The molecule has 11 heteroatoms. The number of hydrogen-bond donors (Lipinski definition) is 1. The molecular formula is C22H26F2N6O3. The van der Waals surface area contributed by atoms with Crippen LogP contribution in [-0.2, 0) is 11.2 Å². The summed E-state index contributed by atoms with van der Waals surface area (Å²) < 4.78 is 32.4. The summed E-state index contributed by atoms with van der Waals surface area (Å²) in [7, 11) is 0. The highest BCUT2D eigenvalue weighted by atomic mass is 19.3. The molecule has 0 aromatic carbocycles. The average Bonchev–Trinajstić information content (AvgIpc) is 3.34. The molecule has 1 N–H and O–H groups in total. The van der Waals surface area contributed by atoms with Crippen LogP contribution in [0.1, 0.15) is 35.7 Å². The molecule has 0 spiro atoms. The fraction of sp³-hybridized carbons (Fsp3) is 0.500. The number of halogens is 2. The number of hydrogen-bond acceptors (Lipinski definition) is 6. The lowest BCUT2D eigenvalue weighted by Crippen LogP contribution is -2.39. The van der Waals surface area contributed by atoms with E-state index in [4.69, 9.17) is 4.74 Å². The second-order valence-corrected chi connectivity index (χ2v) is 8.52. The van der Waals surface area contributed by atoms with Gasteiger partial charge in [0.2, 0.25) is 0 Å². The lowest BCUT2D eigenvalue weighted by molar-refractivity contribution is 0.0120. The minimum Gasteiger partial charge on any atom is -0.360 e. The maximum absolute atomic E-state index is 13.5. The van der Waals surface area contributed by atoms with Gasteiger partial charge in [-0.05, 0) is 43.5 Å². The molecule has 5 rings (SSSR count). The summed E-state index contributed by atoms with van der Waals surface area (Å²) in [6.07, 6.45) is 7.99. The first-order chi connectivity index (χ1) is 15.9. The number of nitrogens with one attached hydrogen (secondary N) is 1. The van der Waals surface area contributed by atoms with Gasteiger partial charge in [0.1, 0.15) is 18.7 Å². The summed E-state index contributed by atoms with van der Waals surface area (Å²) in [5.74, 6) is -2.49. The van der Waals surface area contributed by atoms with Crippen LogP contribution in [0.4, 0.5) is 19.4 Å². The van der Waals surface area contributed by atoms with Crippen LogP contribution in [0.25, 0.3) is 0 Å². The minimum atomic E-state index is -2.82. The molecule has 0 radical (unpaired) electrons. The number of hydrazine groups is 1. The molecular weight excluding hydrogens is 434 g/mol. The number of carbonyl (C=O) groups excluding carboxylic acids is 2. The molecule has 4 aliphatic heterocycles. The minimum absolute atomic E-state index is 0.0522. The van der Waals surface area contributed by atoms with Gasteiger partial charge in [-0.2, -0.15) is 0 Å². The Balaban J connectivity index is 1.34. The topological polar surface area (TPSA) is 81.2 Å². The van der Waals surface area contributed by atoms with Crippen molar-refractivity contribution in [3.05, 3.63) is 47.4 Å². The van der Waals surface area contributed by atoms with Crippen LogP contribution in [0.2, 0.25) is 0 Å². The molecule has 3 amide bonds. The van der Waals surface area contributed by atoms with Crippen LogP contribution in [0.15, 0.2) is 36.3 Å². The fourth-order valence-electron chi connectivity index (χ4n) is 4.56. The molecule has 1 unspecified atom stereocenters. The lowest BCUT2D eigenvalue weighted by atomic mass is 10.0. The van der Waals surface area contributed by atoms with E-state index in [9.17, 15) is 18.4 Å². The monoisotopic (exact) mass is 460 g/mol. The molecule has 9 nitrogen and oxygen atoms in total. The van der Waals surface area contributed by atoms with Gasteiger partial charge in [0.25, 0.3) is 11.8 Å². The number of aryl methyl sites for hydroxylation is 1. The Morgan fingerprint density at radius 1 is 1.36 bits per heavy atom. The Kier molecular flexibility index (Phi) is 5.53. The quantitative estimate of drug-likeness (QED) is 0.726. The molecule has 1 aromatic rings. The van der Waals surface area contributed by atoms with Gasteiger partial charge in [-0.3, -0.25) is 9.69 Å². The second-order valence-electron chi connectivity index (χ2n) is 8.52. The van der Waals surface area contributed by atoms with E-state index in [-0.39, 0.29) is 31.9 Å². The van der Waals surface area contributed by atoms with Crippen LogP contribution >= 0.6 is 0 Å². The zero-order chi connectivity index (χ0) is 23.2. The Labute approximate surface area is 190 Å². The average molecular weight is 460 g/mol. The van der Waals surface area contributed by atoms with Crippen molar-refractivity contribution in [2.24, 2.45) is 0 Å². The SMILES string of the molecule is CCOCN1NC2C=C(N3CCCc4cc(C(=O)N5CCC(F)(F)C5)cnc43)C=CN2C1=O. The number of carbonyl (C=O) groups is 2. The Bertz CT molecular complexity index is 1030. The van der Waals surface area contributed by atoms with Crippen molar-refractivity contribution in [1.82, 2.24) is 25.2 Å². The number of rotatable bonds is 5. The zero-order valence-corrected chi connectivity index (χ0v) is 18.3. The number of anilines is 1. The van der Waals surface area contributed by atoms with E-state index in [1.165, 1.54) is 16.1 Å². The number of amides is 3. The molecule has 2 saturated heterocycles. The smallest absolute Gasteiger partial charge is 0.342 e. The van der Waals surface area contributed by atoms with Crippen molar-refractivity contribution >= 4 is 17.8 Å². The van der Waals surface area contributed by atoms with Gasteiger partial charge in [-0.15, -0.1) is 0 Å². The number of ether oxygens (including phenoxy) is 1. The molecule has 33 heavy (non-hydrogen) atoms. The number of allylic oxidation sites excluding steroid dienone is 1. The maximum atomic E-state index is 13.5. The van der Waals surface area contributed by atoms with Crippen LogP contribution in [-0.4, -0.2) is 76.8 Å². The third-order valence-corrected chi connectivity index (χ3v) is 6.24. The van der Waals surface area contributed by atoms with Crippen molar-refractivity contribution in [2.45, 2.75) is 38.3 Å².